The number of anilines is 5. The van der Waals surface area contributed by atoms with Gasteiger partial charge in [0.1, 0.15) is 0 Å². The third-order valence-corrected chi connectivity index (χ3v) is 14.3. The maximum atomic E-state index is 9.62. The number of fused-ring (bicyclic) bond motifs is 9. The van der Waals surface area contributed by atoms with Crippen molar-refractivity contribution in [1.82, 2.24) is 9.55 Å². The number of H-pyrrole nitrogens is 1. The zero-order chi connectivity index (χ0) is 46.2. The van der Waals surface area contributed by atoms with Crippen molar-refractivity contribution in [3.8, 4) is 23.3 Å². The highest BCUT2D eigenvalue weighted by atomic mass is 15.2. The van der Waals surface area contributed by atoms with E-state index in [1.807, 2.05) is 36.4 Å². The maximum absolute atomic E-state index is 9.62. The van der Waals surface area contributed by atoms with Gasteiger partial charge >= 0.3 is 0 Å². The minimum absolute atomic E-state index is 0.184. The molecule has 0 bridgehead atoms. The first kappa shape index (κ1) is 40.9. The predicted molar refractivity (Wildman–Crippen MR) is 281 cm³/mol. The van der Waals surface area contributed by atoms with Crippen molar-refractivity contribution in [2.45, 2.75) is 51.9 Å². The average molecular weight is 877 g/mol. The molecule has 0 saturated carbocycles. The van der Waals surface area contributed by atoms with E-state index in [1.54, 1.807) is 0 Å². The first-order valence-corrected chi connectivity index (χ1v) is 23.6. The number of benzene rings is 8. The Morgan fingerprint density at radius 1 is 0.544 bits per heavy atom. The summed E-state index contributed by atoms with van der Waals surface area (Å²) in [7, 11) is 0. The molecule has 68 heavy (non-hydrogen) atoms. The van der Waals surface area contributed by atoms with Crippen LogP contribution in [0.2, 0.25) is 0 Å². The fourth-order valence-electron chi connectivity index (χ4n) is 10.8. The summed E-state index contributed by atoms with van der Waals surface area (Å²) in [6, 6.07) is 65.1. The summed E-state index contributed by atoms with van der Waals surface area (Å²) in [5, 5.41) is 24.1. The smallest absolute Gasteiger partial charge is 0.0991 e. The van der Waals surface area contributed by atoms with E-state index in [-0.39, 0.29) is 5.92 Å². The Morgan fingerprint density at radius 2 is 1.12 bits per heavy atom. The molecule has 1 unspecified atom stereocenters. The van der Waals surface area contributed by atoms with E-state index in [1.165, 1.54) is 60.7 Å². The second-order valence-electron chi connectivity index (χ2n) is 18.9. The van der Waals surface area contributed by atoms with Gasteiger partial charge in [-0.2, -0.15) is 10.5 Å². The topological polar surface area (TPSA) is 74.8 Å². The molecular weight excluding hydrogens is 829 g/mol. The van der Waals surface area contributed by atoms with Crippen LogP contribution in [0, 0.1) is 22.7 Å². The van der Waals surface area contributed by atoms with Crippen LogP contribution in [0.3, 0.4) is 0 Å². The highest BCUT2D eigenvalue weighted by Gasteiger charge is 2.35. The molecule has 0 fully saturated rings. The molecule has 8 aromatic carbocycles. The Balaban J connectivity index is 0.961. The van der Waals surface area contributed by atoms with E-state index in [9.17, 15) is 10.5 Å². The lowest BCUT2D eigenvalue weighted by molar-refractivity contribution is 0.810. The summed E-state index contributed by atoms with van der Waals surface area (Å²) in [6.07, 6.45) is 5.48. The molecule has 6 nitrogen and oxygen atoms in total. The number of nitriles is 2. The predicted octanol–water partition coefficient (Wildman–Crippen LogP) is 16.6. The van der Waals surface area contributed by atoms with Crippen LogP contribution < -0.4 is 9.80 Å². The van der Waals surface area contributed by atoms with Crippen molar-refractivity contribution >= 4 is 77.7 Å². The summed E-state index contributed by atoms with van der Waals surface area (Å²) >= 11 is 0. The van der Waals surface area contributed by atoms with Gasteiger partial charge in [-0.1, -0.05) is 100 Å². The highest BCUT2D eigenvalue weighted by Crippen LogP contribution is 2.52. The van der Waals surface area contributed by atoms with Gasteiger partial charge in [0.05, 0.1) is 39.8 Å². The van der Waals surface area contributed by atoms with Gasteiger partial charge in [0, 0.05) is 84.8 Å². The molecule has 0 radical (unpaired) electrons. The average Bonchev–Trinajstić information content (AvgIpc) is 4.03. The van der Waals surface area contributed by atoms with Crippen LogP contribution in [0.5, 0.6) is 0 Å². The number of aromatic nitrogens is 2. The molecule has 0 spiro atoms. The molecule has 1 aliphatic carbocycles. The number of hydrogen-bond acceptors (Lipinski definition) is 4. The molecule has 1 atom stereocenters. The first-order chi connectivity index (χ1) is 33.3. The summed E-state index contributed by atoms with van der Waals surface area (Å²) in [5.41, 5.74) is 20.0. The lowest BCUT2D eigenvalue weighted by Crippen LogP contribution is -2.20. The van der Waals surface area contributed by atoms with Gasteiger partial charge in [0.2, 0.25) is 0 Å². The van der Waals surface area contributed by atoms with Crippen molar-refractivity contribution in [3.63, 3.8) is 0 Å². The Hall–Kier alpha value is -8.58. The van der Waals surface area contributed by atoms with E-state index >= 15 is 0 Å². The van der Waals surface area contributed by atoms with Crippen LogP contribution >= 0.6 is 0 Å². The lowest BCUT2D eigenvalue weighted by Gasteiger charge is -2.32. The van der Waals surface area contributed by atoms with Crippen molar-refractivity contribution in [2.24, 2.45) is 0 Å². The Morgan fingerprint density at radius 3 is 1.74 bits per heavy atom. The molecule has 2 aliphatic rings. The van der Waals surface area contributed by atoms with Gasteiger partial charge in [0.25, 0.3) is 0 Å². The van der Waals surface area contributed by atoms with Crippen LogP contribution in [0.4, 0.5) is 28.4 Å². The maximum Gasteiger partial charge on any atom is 0.0991 e. The van der Waals surface area contributed by atoms with E-state index in [0.717, 1.165) is 57.0 Å². The largest absolute Gasteiger partial charge is 0.354 e. The zero-order valence-corrected chi connectivity index (χ0v) is 38.5. The lowest BCUT2D eigenvalue weighted by atomic mass is 9.88. The monoisotopic (exact) mass is 876 g/mol. The molecule has 0 amide bonds. The van der Waals surface area contributed by atoms with E-state index in [4.69, 9.17) is 0 Å². The van der Waals surface area contributed by atoms with Gasteiger partial charge in [0.15, 0.2) is 0 Å². The Bertz CT molecular complexity index is 3770. The molecule has 3 heterocycles. The third-order valence-electron chi connectivity index (χ3n) is 14.3. The molecule has 1 aliphatic heterocycles. The molecule has 12 rings (SSSR count). The normalized spacial score (nSPS) is 14.1. The van der Waals surface area contributed by atoms with Crippen molar-refractivity contribution in [3.05, 3.63) is 216 Å². The molecule has 10 aromatic rings. The minimum atomic E-state index is 0.184. The Kier molecular flexibility index (Phi) is 9.67. The quantitative estimate of drug-likeness (QED) is 0.157. The van der Waals surface area contributed by atoms with Gasteiger partial charge in [-0.15, -0.1) is 0 Å². The fourth-order valence-corrected chi connectivity index (χ4v) is 10.8. The highest BCUT2D eigenvalue weighted by molar-refractivity contribution is 6.21. The molecular formula is C62H48N6. The van der Waals surface area contributed by atoms with E-state index < -0.39 is 0 Å². The Labute approximate surface area is 396 Å². The van der Waals surface area contributed by atoms with Crippen LogP contribution in [0.1, 0.15) is 79.7 Å². The van der Waals surface area contributed by atoms with Crippen LogP contribution in [-0.4, -0.2) is 9.55 Å². The van der Waals surface area contributed by atoms with Crippen LogP contribution in [0.15, 0.2) is 188 Å². The summed E-state index contributed by atoms with van der Waals surface area (Å²) in [5.74, 6) is 1.06. The SMILES string of the molecule is CC(C)c1ccc(N(C2=CC=C3C(C2)c2cccc4c5cc6[nH]c7c(-c8cccc(N(c9ccc(C#N)cc9)c9ccc(C(C)C)cc9)c8)cccc7c6cc5n3c24)c2ccc(C#N)cc2)cc1. The fraction of sp³-hybridized carbons (Fsp3) is 0.129. The number of nitrogens with zero attached hydrogens (tertiary/aromatic N) is 5. The molecule has 326 valence electrons. The van der Waals surface area contributed by atoms with Crippen molar-refractivity contribution < 1.29 is 0 Å². The number of allylic oxidation sites excluding steroid dienone is 4. The van der Waals surface area contributed by atoms with Gasteiger partial charge < -0.3 is 19.4 Å². The molecule has 6 heteroatoms. The number of para-hydroxylation sites is 2. The van der Waals surface area contributed by atoms with E-state index in [2.05, 4.69) is 205 Å². The van der Waals surface area contributed by atoms with Crippen LogP contribution in [0.25, 0.3) is 60.4 Å². The molecule has 1 N–H and O–H groups in total. The van der Waals surface area contributed by atoms with Crippen LogP contribution in [-0.2, 0) is 0 Å². The standard InChI is InChI=1S/C62H48N6/c1-38(2)42-18-26-47(27-19-42)66(45-22-14-40(36-63)15-23-45)49-9-5-8-44(32-49)51-10-6-11-52-55-35-60-57(34-58(55)65-61(51)52)54-13-7-12-53-56-33-50(30-31-59(56)68(60)62(53)54)67(46-24-16-41(37-64)17-25-46)48-28-20-43(21-29-48)39(3)4/h5-32,34-35,38-39,56,65H,33H2,1-4H3. The second kappa shape index (κ2) is 16.1. The number of rotatable bonds is 9. The van der Waals surface area contributed by atoms with Crippen molar-refractivity contribution in [2.75, 3.05) is 9.80 Å². The molecule has 0 saturated heterocycles. The summed E-state index contributed by atoms with van der Waals surface area (Å²) < 4.78 is 2.53. The van der Waals surface area contributed by atoms with Gasteiger partial charge in [-0.25, -0.2) is 0 Å². The van der Waals surface area contributed by atoms with Crippen molar-refractivity contribution in [1.29, 1.82) is 10.5 Å². The number of nitrogens with one attached hydrogen (secondary N) is 1. The summed E-state index contributed by atoms with van der Waals surface area (Å²) in [4.78, 5) is 8.54. The van der Waals surface area contributed by atoms with E-state index in [0.29, 0.717) is 23.0 Å². The van der Waals surface area contributed by atoms with Gasteiger partial charge in [-0.05, 0) is 143 Å². The minimum Gasteiger partial charge on any atom is -0.354 e. The zero-order valence-electron chi connectivity index (χ0n) is 38.5. The number of hydrogen-bond donors (Lipinski definition) is 1. The number of aromatic amines is 1. The first-order valence-electron chi connectivity index (χ1n) is 23.6. The second-order valence-corrected chi connectivity index (χ2v) is 18.9. The summed E-state index contributed by atoms with van der Waals surface area (Å²) in [6.45, 7) is 8.89. The third kappa shape index (κ3) is 6.60. The molecule has 2 aromatic heterocycles. The van der Waals surface area contributed by atoms with Gasteiger partial charge in [-0.3, -0.25) is 0 Å².